The van der Waals surface area contributed by atoms with Crippen LogP contribution in [-0.4, -0.2) is 38.8 Å². The van der Waals surface area contributed by atoms with E-state index in [0.717, 1.165) is 50.5 Å². The van der Waals surface area contributed by atoms with Crippen LogP contribution in [0.4, 0.5) is 5.69 Å². The zero-order valence-electron chi connectivity index (χ0n) is 13.7. The number of amides is 1. The molecule has 1 aliphatic carbocycles. The van der Waals surface area contributed by atoms with E-state index in [4.69, 9.17) is 4.74 Å². The van der Waals surface area contributed by atoms with E-state index in [9.17, 15) is 4.79 Å². The summed E-state index contributed by atoms with van der Waals surface area (Å²) in [6, 6.07) is 7.88. The van der Waals surface area contributed by atoms with E-state index in [1.807, 2.05) is 24.3 Å². The van der Waals surface area contributed by atoms with Gasteiger partial charge in [-0.2, -0.15) is 0 Å². The lowest BCUT2D eigenvalue weighted by Gasteiger charge is -2.30. The number of rotatable bonds is 5. The van der Waals surface area contributed by atoms with Crippen LogP contribution in [-0.2, 0) is 4.74 Å². The number of nitrogens with zero attached hydrogens (tertiary/aromatic N) is 1. The molecule has 0 saturated carbocycles. The molecule has 0 radical (unpaired) electrons. The van der Waals surface area contributed by atoms with Gasteiger partial charge in [-0.25, -0.2) is 0 Å². The maximum absolute atomic E-state index is 12.6. The van der Waals surface area contributed by atoms with E-state index in [0.29, 0.717) is 0 Å². The Morgan fingerprint density at radius 1 is 1.17 bits per heavy atom. The number of hydrogen-bond donors (Lipinski definition) is 1. The van der Waals surface area contributed by atoms with Crippen LogP contribution in [0, 0.1) is 0 Å². The van der Waals surface area contributed by atoms with Crippen LogP contribution in [0.15, 0.2) is 35.9 Å². The normalized spacial score (nSPS) is 18.4. The van der Waals surface area contributed by atoms with Gasteiger partial charge in [-0.15, -0.1) is 0 Å². The van der Waals surface area contributed by atoms with Crippen LogP contribution in [0.3, 0.4) is 0 Å². The number of ether oxygens (including phenoxy) is 1. The number of hydrogen-bond acceptors (Lipinski definition) is 3. The zero-order chi connectivity index (χ0) is 15.9. The van der Waals surface area contributed by atoms with Crippen LogP contribution >= 0.6 is 0 Å². The molecule has 4 heteroatoms. The van der Waals surface area contributed by atoms with Gasteiger partial charge < -0.3 is 15.0 Å². The summed E-state index contributed by atoms with van der Waals surface area (Å²) in [7, 11) is 0. The second kappa shape index (κ2) is 8.16. The molecule has 0 unspecified atom stereocenters. The molecule has 1 N–H and O–H groups in total. The first-order chi connectivity index (χ1) is 11.3. The zero-order valence-corrected chi connectivity index (χ0v) is 13.7. The summed E-state index contributed by atoms with van der Waals surface area (Å²) >= 11 is 0. The highest BCUT2D eigenvalue weighted by atomic mass is 16.5. The highest BCUT2D eigenvalue weighted by Gasteiger charge is 2.18. The molecule has 23 heavy (non-hydrogen) atoms. The minimum atomic E-state index is 0.0310. The minimum Gasteiger partial charge on any atom is -0.378 e. The quantitative estimate of drug-likeness (QED) is 0.849. The molecule has 0 bridgehead atoms. The first-order valence-corrected chi connectivity index (χ1v) is 8.72. The summed E-state index contributed by atoms with van der Waals surface area (Å²) in [5, 5.41) is 3.09. The molecule has 1 aliphatic heterocycles. The van der Waals surface area contributed by atoms with Crippen molar-refractivity contribution in [2.45, 2.75) is 32.1 Å². The predicted molar refractivity (Wildman–Crippen MR) is 93.0 cm³/mol. The van der Waals surface area contributed by atoms with Gasteiger partial charge in [0.25, 0.3) is 5.91 Å². The summed E-state index contributed by atoms with van der Waals surface area (Å²) in [6.07, 6.45) is 8.31. The first kappa shape index (κ1) is 16.1. The topological polar surface area (TPSA) is 41.6 Å². The molecule has 3 rings (SSSR count). The molecule has 4 nitrogen and oxygen atoms in total. The lowest BCUT2D eigenvalue weighted by atomic mass is 9.97. The van der Waals surface area contributed by atoms with Crippen LogP contribution in [0.1, 0.15) is 42.5 Å². The molecule has 1 amide bonds. The van der Waals surface area contributed by atoms with Crippen LogP contribution in [0.25, 0.3) is 0 Å². The van der Waals surface area contributed by atoms with Crippen LogP contribution in [0.2, 0.25) is 0 Å². The van der Waals surface area contributed by atoms with Crippen molar-refractivity contribution in [1.29, 1.82) is 0 Å². The van der Waals surface area contributed by atoms with Gasteiger partial charge in [0.05, 0.1) is 18.8 Å². The van der Waals surface area contributed by atoms with Gasteiger partial charge in [-0.3, -0.25) is 4.79 Å². The maximum Gasteiger partial charge on any atom is 0.253 e. The Morgan fingerprint density at radius 2 is 2.00 bits per heavy atom. The van der Waals surface area contributed by atoms with Gasteiger partial charge >= 0.3 is 0 Å². The fourth-order valence-electron chi connectivity index (χ4n) is 3.31. The van der Waals surface area contributed by atoms with E-state index in [1.54, 1.807) is 0 Å². The van der Waals surface area contributed by atoms with Gasteiger partial charge in [0.15, 0.2) is 0 Å². The molecular formula is C19H26N2O2. The molecule has 1 heterocycles. The van der Waals surface area contributed by atoms with Crippen molar-refractivity contribution in [3.05, 3.63) is 41.5 Å². The maximum atomic E-state index is 12.6. The fourth-order valence-corrected chi connectivity index (χ4v) is 3.31. The van der Waals surface area contributed by atoms with Crippen molar-refractivity contribution in [2.24, 2.45) is 0 Å². The van der Waals surface area contributed by atoms with Crippen molar-refractivity contribution in [1.82, 2.24) is 5.32 Å². The summed E-state index contributed by atoms with van der Waals surface area (Å²) in [5.41, 5.74) is 3.29. The largest absolute Gasteiger partial charge is 0.378 e. The average molecular weight is 314 g/mol. The Bertz CT molecular complexity index is 562. The smallest absolute Gasteiger partial charge is 0.253 e. The number of anilines is 1. The van der Waals surface area contributed by atoms with Crippen LogP contribution < -0.4 is 10.2 Å². The van der Waals surface area contributed by atoms with E-state index in [-0.39, 0.29) is 5.91 Å². The second-order valence-corrected chi connectivity index (χ2v) is 6.23. The molecule has 0 spiro atoms. The van der Waals surface area contributed by atoms with Crippen molar-refractivity contribution in [2.75, 3.05) is 37.7 Å². The average Bonchev–Trinajstić information content (AvgIpc) is 2.63. The van der Waals surface area contributed by atoms with Crippen molar-refractivity contribution >= 4 is 11.6 Å². The lowest BCUT2D eigenvalue weighted by molar-refractivity contribution is 0.0952. The third-order valence-corrected chi connectivity index (χ3v) is 4.62. The Hall–Kier alpha value is -1.81. The molecule has 1 aromatic rings. The van der Waals surface area contributed by atoms with Gasteiger partial charge in [0.2, 0.25) is 0 Å². The third kappa shape index (κ3) is 4.35. The number of benzene rings is 1. The highest BCUT2D eigenvalue weighted by molar-refractivity contribution is 5.99. The van der Waals surface area contributed by atoms with Gasteiger partial charge in [-0.05, 0) is 44.2 Å². The molecule has 1 aromatic carbocycles. The van der Waals surface area contributed by atoms with E-state index >= 15 is 0 Å². The number of carbonyl (C=O) groups excluding carboxylic acids is 1. The minimum absolute atomic E-state index is 0.0310. The number of carbonyl (C=O) groups is 1. The first-order valence-electron chi connectivity index (χ1n) is 8.72. The molecule has 0 atom stereocenters. The monoisotopic (exact) mass is 314 g/mol. The third-order valence-electron chi connectivity index (χ3n) is 4.62. The molecular weight excluding hydrogens is 288 g/mol. The number of morpholine rings is 1. The summed E-state index contributed by atoms with van der Waals surface area (Å²) < 4.78 is 5.41. The number of nitrogens with one attached hydrogen (secondary N) is 1. The predicted octanol–water partition coefficient (Wildman–Crippen LogP) is 3.14. The SMILES string of the molecule is O=C(NCCC1=CCCCC1)c1ccccc1N1CCOCC1. The molecule has 1 fully saturated rings. The summed E-state index contributed by atoms with van der Waals surface area (Å²) in [4.78, 5) is 14.8. The molecule has 0 aromatic heterocycles. The number of para-hydroxylation sites is 1. The number of allylic oxidation sites excluding steroid dienone is 1. The van der Waals surface area contributed by atoms with Crippen LogP contribution in [0.5, 0.6) is 0 Å². The van der Waals surface area contributed by atoms with Crippen molar-refractivity contribution in [3.63, 3.8) is 0 Å². The van der Waals surface area contributed by atoms with Crippen molar-refractivity contribution in [3.8, 4) is 0 Å². The second-order valence-electron chi connectivity index (χ2n) is 6.23. The summed E-state index contributed by atoms with van der Waals surface area (Å²) in [6.45, 7) is 3.87. The van der Waals surface area contributed by atoms with Gasteiger partial charge in [-0.1, -0.05) is 23.8 Å². The molecule has 124 valence electrons. The Balaban J connectivity index is 1.59. The van der Waals surface area contributed by atoms with E-state index < -0.39 is 0 Å². The van der Waals surface area contributed by atoms with Gasteiger partial charge in [0.1, 0.15) is 0 Å². The Labute approximate surface area is 138 Å². The van der Waals surface area contributed by atoms with E-state index in [2.05, 4.69) is 16.3 Å². The fraction of sp³-hybridized carbons (Fsp3) is 0.526. The standard InChI is InChI=1S/C19H26N2O2/c22-19(20-11-10-16-6-2-1-3-7-16)17-8-4-5-9-18(17)21-12-14-23-15-13-21/h4-6,8-9H,1-3,7,10-15H2,(H,20,22). The summed E-state index contributed by atoms with van der Waals surface area (Å²) in [5.74, 6) is 0.0310. The molecule has 2 aliphatic rings. The van der Waals surface area contributed by atoms with Gasteiger partial charge in [0, 0.05) is 25.3 Å². The Kier molecular flexibility index (Phi) is 5.70. The Morgan fingerprint density at radius 3 is 2.78 bits per heavy atom. The lowest BCUT2D eigenvalue weighted by Crippen LogP contribution is -2.38. The molecule has 1 saturated heterocycles. The van der Waals surface area contributed by atoms with E-state index in [1.165, 1.54) is 31.3 Å². The highest BCUT2D eigenvalue weighted by Crippen LogP contribution is 2.22. The van der Waals surface area contributed by atoms with Crippen molar-refractivity contribution < 1.29 is 9.53 Å².